The molecule has 0 bridgehead atoms. The predicted octanol–water partition coefficient (Wildman–Crippen LogP) is 1.35. The van der Waals surface area contributed by atoms with Gasteiger partial charge in [0.15, 0.2) is 6.54 Å². The van der Waals surface area contributed by atoms with E-state index < -0.39 is 0 Å². The number of nitrogens with zero attached hydrogens (tertiary/aromatic N) is 1. The number of anilines is 1. The van der Waals surface area contributed by atoms with E-state index in [1.165, 1.54) is 12.1 Å². The first kappa shape index (κ1) is 20.8. The number of para-hydroxylation sites is 1. The Hall–Kier alpha value is -2.93. The number of hydrogen-bond donors (Lipinski definition) is 2. The van der Waals surface area contributed by atoms with Crippen LogP contribution < -0.4 is 15.0 Å². The Morgan fingerprint density at radius 1 is 1.07 bits per heavy atom. The van der Waals surface area contributed by atoms with E-state index >= 15 is 0 Å². The average molecular weight is 400 g/mol. The van der Waals surface area contributed by atoms with Gasteiger partial charge >= 0.3 is 0 Å². The Bertz CT molecular complexity index is 808. The Balaban J connectivity index is 1.32. The summed E-state index contributed by atoms with van der Waals surface area (Å²) in [7, 11) is 0. The van der Waals surface area contributed by atoms with Crippen LogP contribution in [0.5, 0.6) is 5.75 Å². The fraction of sp³-hybridized carbons (Fsp3) is 0.364. The van der Waals surface area contributed by atoms with Crippen molar-refractivity contribution in [2.75, 3.05) is 44.6 Å². The fourth-order valence-electron chi connectivity index (χ4n) is 3.34. The van der Waals surface area contributed by atoms with Crippen LogP contribution in [0.4, 0.5) is 10.1 Å². The van der Waals surface area contributed by atoms with Gasteiger partial charge in [-0.2, -0.15) is 0 Å². The summed E-state index contributed by atoms with van der Waals surface area (Å²) >= 11 is 0. The smallest absolute Gasteiger partial charge is 0.279 e. The lowest BCUT2D eigenvalue weighted by molar-refractivity contribution is -0.895. The zero-order valence-corrected chi connectivity index (χ0v) is 16.4. The largest absolute Gasteiger partial charge is 0.494 e. The maximum absolute atomic E-state index is 13.2. The van der Waals surface area contributed by atoms with Crippen LogP contribution >= 0.6 is 0 Å². The molecule has 2 aromatic rings. The first-order chi connectivity index (χ1) is 14.1. The molecule has 6 nitrogen and oxygen atoms in total. The number of carbonyl (C=O) groups is 2. The van der Waals surface area contributed by atoms with E-state index in [1.807, 2.05) is 35.2 Å². The zero-order chi connectivity index (χ0) is 20.5. The molecule has 2 aromatic carbocycles. The van der Waals surface area contributed by atoms with Gasteiger partial charge in [0.1, 0.15) is 11.6 Å². The minimum Gasteiger partial charge on any atom is -0.494 e. The number of benzene rings is 2. The number of carbonyl (C=O) groups excluding carboxylic acids is 2. The molecule has 1 aliphatic rings. The molecule has 7 heteroatoms. The highest BCUT2D eigenvalue weighted by atomic mass is 19.1. The van der Waals surface area contributed by atoms with Gasteiger partial charge in [-0.05, 0) is 36.8 Å². The van der Waals surface area contributed by atoms with E-state index in [9.17, 15) is 14.0 Å². The van der Waals surface area contributed by atoms with Crippen molar-refractivity contribution < 1.29 is 23.6 Å². The molecule has 29 heavy (non-hydrogen) atoms. The molecule has 0 spiro atoms. The summed E-state index contributed by atoms with van der Waals surface area (Å²) < 4.78 is 18.8. The summed E-state index contributed by atoms with van der Waals surface area (Å²) in [5, 5.41) is 2.72. The molecule has 2 amide bonds. The number of halogens is 1. The van der Waals surface area contributed by atoms with Crippen molar-refractivity contribution in [3.05, 3.63) is 60.4 Å². The maximum Gasteiger partial charge on any atom is 0.279 e. The number of amides is 2. The van der Waals surface area contributed by atoms with Crippen LogP contribution in [0, 0.1) is 5.82 Å². The second kappa shape index (κ2) is 10.6. The molecule has 0 unspecified atom stereocenters. The number of quaternary nitrogens is 1. The molecule has 0 radical (unpaired) electrons. The topological polar surface area (TPSA) is 63.1 Å². The molecule has 1 fully saturated rings. The standard InChI is InChI=1S/C22H26FN3O3/c23-18-6-4-7-19(16-18)24-21(27)17-25-11-13-26(14-12-25)22(28)10-5-15-29-20-8-2-1-3-9-20/h1-4,6-9,16H,5,10-15,17H2,(H,24,27)/p+1. The van der Waals surface area contributed by atoms with E-state index in [2.05, 4.69) is 5.32 Å². The Kier molecular flexibility index (Phi) is 7.58. The summed E-state index contributed by atoms with van der Waals surface area (Å²) in [4.78, 5) is 27.5. The maximum atomic E-state index is 13.2. The third-order valence-electron chi connectivity index (χ3n) is 4.89. The lowest BCUT2D eigenvalue weighted by Gasteiger charge is -2.32. The van der Waals surface area contributed by atoms with Crippen molar-refractivity contribution in [3.8, 4) is 5.75 Å². The van der Waals surface area contributed by atoms with E-state index in [0.717, 1.165) is 23.7 Å². The van der Waals surface area contributed by atoms with E-state index in [0.29, 0.717) is 44.8 Å². The molecular weight excluding hydrogens is 373 g/mol. The summed E-state index contributed by atoms with van der Waals surface area (Å²) in [5.41, 5.74) is 0.459. The first-order valence-electron chi connectivity index (χ1n) is 9.95. The molecule has 154 valence electrons. The molecule has 1 aliphatic heterocycles. The predicted molar refractivity (Wildman–Crippen MR) is 108 cm³/mol. The molecule has 0 aromatic heterocycles. The van der Waals surface area contributed by atoms with Crippen LogP contribution in [-0.4, -0.2) is 56.0 Å². The summed E-state index contributed by atoms with van der Waals surface area (Å²) in [5.74, 6) is 0.415. The molecular formula is C22H27FN3O3+. The van der Waals surface area contributed by atoms with Crippen molar-refractivity contribution in [2.24, 2.45) is 0 Å². The van der Waals surface area contributed by atoms with Crippen LogP contribution in [0.3, 0.4) is 0 Å². The molecule has 0 saturated carbocycles. The van der Waals surface area contributed by atoms with Gasteiger partial charge in [-0.1, -0.05) is 24.3 Å². The molecule has 0 atom stereocenters. The molecule has 2 N–H and O–H groups in total. The first-order valence-corrected chi connectivity index (χ1v) is 9.95. The van der Waals surface area contributed by atoms with Gasteiger partial charge in [0.2, 0.25) is 5.91 Å². The summed E-state index contributed by atoms with van der Waals surface area (Å²) in [6.07, 6.45) is 1.14. The Morgan fingerprint density at radius 2 is 1.83 bits per heavy atom. The Labute approximate surface area is 170 Å². The normalized spacial score (nSPS) is 14.4. The van der Waals surface area contributed by atoms with E-state index in [4.69, 9.17) is 4.74 Å². The van der Waals surface area contributed by atoms with Crippen molar-refractivity contribution in [1.82, 2.24) is 4.90 Å². The number of ether oxygens (including phenoxy) is 1. The van der Waals surface area contributed by atoms with Gasteiger partial charge in [-0.25, -0.2) is 4.39 Å². The second-order valence-corrected chi connectivity index (χ2v) is 7.13. The van der Waals surface area contributed by atoms with E-state index in [1.54, 1.807) is 12.1 Å². The van der Waals surface area contributed by atoms with Crippen molar-refractivity contribution >= 4 is 17.5 Å². The third-order valence-corrected chi connectivity index (χ3v) is 4.89. The number of piperazine rings is 1. The monoisotopic (exact) mass is 400 g/mol. The molecule has 0 aliphatic carbocycles. The van der Waals surface area contributed by atoms with Crippen LogP contribution in [-0.2, 0) is 9.59 Å². The minimum absolute atomic E-state index is 0.130. The van der Waals surface area contributed by atoms with Gasteiger partial charge < -0.3 is 19.9 Å². The van der Waals surface area contributed by atoms with Crippen LogP contribution in [0.15, 0.2) is 54.6 Å². The fourth-order valence-corrected chi connectivity index (χ4v) is 3.34. The van der Waals surface area contributed by atoms with Gasteiger partial charge in [0.05, 0.1) is 32.8 Å². The van der Waals surface area contributed by atoms with Gasteiger partial charge in [-0.15, -0.1) is 0 Å². The van der Waals surface area contributed by atoms with Gasteiger partial charge in [0.25, 0.3) is 5.91 Å². The van der Waals surface area contributed by atoms with Crippen molar-refractivity contribution in [1.29, 1.82) is 0 Å². The highest BCUT2D eigenvalue weighted by Crippen LogP contribution is 2.10. The van der Waals surface area contributed by atoms with Crippen LogP contribution in [0.1, 0.15) is 12.8 Å². The number of hydrogen-bond acceptors (Lipinski definition) is 3. The van der Waals surface area contributed by atoms with Crippen molar-refractivity contribution in [3.63, 3.8) is 0 Å². The van der Waals surface area contributed by atoms with E-state index in [-0.39, 0.29) is 17.6 Å². The highest BCUT2D eigenvalue weighted by molar-refractivity contribution is 5.91. The zero-order valence-electron chi connectivity index (χ0n) is 16.4. The third kappa shape index (κ3) is 6.87. The minimum atomic E-state index is -0.378. The van der Waals surface area contributed by atoms with Crippen molar-refractivity contribution in [2.45, 2.75) is 12.8 Å². The van der Waals surface area contributed by atoms with Gasteiger partial charge in [-0.3, -0.25) is 9.59 Å². The second-order valence-electron chi connectivity index (χ2n) is 7.13. The SMILES string of the molecule is O=C(C[NH+]1CCN(C(=O)CCCOc2ccccc2)CC1)Nc1cccc(F)c1. The highest BCUT2D eigenvalue weighted by Gasteiger charge is 2.24. The molecule has 3 rings (SSSR count). The average Bonchev–Trinajstić information content (AvgIpc) is 2.72. The number of nitrogens with one attached hydrogen (secondary N) is 2. The summed E-state index contributed by atoms with van der Waals surface area (Å²) in [6, 6.07) is 15.4. The Morgan fingerprint density at radius 3 is 2.55 bits per heavy atom. The lowest BCUT2D eigenvalue weighted by Crippen LogP contribution is -3.15. The number of rotatable bonds is 8. The molecule has 1 saturated heterocycles. The van der Waals surface area contributed by atoms with Crippen LogP contribution in [0.25, 0.3) is 0 Å². The summed E-state index contributed by atoms with van der Waals surface area (Å²) in [6.45, 7) is 3.55. The lowest BCUT2D eigenvalue weighted by atomic mass is 10.2. The van der Waals surface area contributed by atoms with Crippen LogP contribution in [0.2, 0.25) is 0 Å². The van der Waals surface area contributed by atoms with Gasteiger partial charge in [0, 0.05) is 12.1 Å². The molecule has 1 heterocycles. The quantitative estimate of drug-likeness (QED) is 0.658.